The number of hydrogen-bond donors (Lipinski definition) is 1. The van der Waals surface area contributed by atoms with Gasteiger partial charge in [-0.3, -0.25) is 5.32 Å². The van der Waals surface area contributed by atoms with E-state index in [4.69, 9.17) is 0 Å². The topological polar surface area (TPSA) is 142 Å². The van der Waals surface area contributed by atoms with Gasteiger partial charge in [-0.1, -0.05) is 22.6 Å². The summed E-state index contributed by atoms with van der Waals surface area (Å²) in [6.45, 7) is -3.10. The van der Waals surface area contributed by atoms with Gasteiger partial charge in [0, 0.05) is 7.05 Å². The van der Waals surface area contributed by atoms with Crippen LogP contribution >= 0.6 is 0 Å². The van der Waals surface area contributed by atoms with Gasteiger partial charge in [0.05, 0.1) is 12.7 Å². The Labute approximate surface area is 152 Å². The summed E-state index contributed by atoms with van der Waals surface area (Å²) in [5.74, 6) is -0.706. The van der Waals surface area contributed by atoms with Crippen LogP contribution < -0.4 is 10.1 Å². The number of benzene rings is 1. The van der Waals surface area contributed by atoms with Crippen LogP contribution in [0.1, 0.15) is 10.4 Å². The van der Waals surface area contributed by atoms with E-state index in [2.05, 4.69) is 23.9 Å². The fourth-order valence-corrected chi connectivity index (χ4v) is 1.66. The molecule has 1 N–H and O–H groups in total. The summed E-state index contributed by atoms with van der Waals surface area (Å²) in [5, 5.41) is 5.31. The number of alkyl halides is 2. The van der Waals surface area contributed by atoms with Crippen molar-refractivity contribution < 1.29 is 36.3 Å². The van der Waals surface area contributed by atoms with Crippen LogP contribution in [-0.4, -0.2) is 48.9 Å². The lowest BCUT2D eigenvalue weighted by Crippen LogP contribution is -2.07. The molecule has 0 aliphatic carbocycles. The average molecular weight is 405 g/mol. The third kappa shape index (κ3) is 8.00. The smallest absolute Gasteiger partial charge is 0.389 e. The minimum absolute atomic E-state index is 0.291. The molecule has 0 atom stereocenters. The van der Waals surface area contributed by atoms with E-state index >= 15 is 0 Å². The Kier molecular flexibility index (Phi) is 8.44. The molecule has 1 aromatic heterocycles. The van der Waals surface area contributed by atoms with Crippen molar-refractivity contribution in [1.82, 2.24) is 14.8 Å². The van der Waals surface area contributed by atoms with Gasteiger partial charge in [0.1, 0.15) is 0 Å². The van der Waals surface area contributed by atoms with Gasteiger partial charge in [0.15, 0.2) is 0 Å². The second-order valence-corrected chi connectivity index (χ2v) is 4.93. The molecule has 0 saturated carbocycles. The molecular formula is C13H13F2N5O6S. The normalized spacial score (nSPS) is 9.67. The number of urea groups is 1. The summed E-state index contributed by atoms with van der Waals surface area (Å²) in [4.78, 5) is 25.0. The number of carbonyl (C=O) groups is 2. The Morgan fingerprint density at radius 1 is 1.26 bits per heavy atom. The Balaban J connectivity index is 0.000000309. The average Bonchev–Trinajstić information content (AvgIpc) is 2.93. The fourth-order valence-electron chi connectivity index (χ4n) is 1.48. The SMILES string of the molecule is COC(=O)c1ccccc1.Cn1nc(NC(=O)N=S(=O)=O)nc1OC(F)F. The third-order valence-electron chi connectivity index (χ3n) is 2.49. The first-order valence-electron chi connectivity index (χ1n) is 6.84. The molecule has 2 amide bonds. The number of nitrogens with one attached hydrogen (secondary N) is 1. The zero-order valence-electron chi connectivity index (χ0n) is 13.9. The Hall–Kier alpha value is -3.42. The van der Waals surface area contributed by atoms with Crippen LogP contribution in [0.3, 0.4) is 0 Å². The molecule has 2 aromatic rings. The van der Waals surface area contributed by atoms with Crippen LogP contribution in [0.4, 0.5) is 19.5 Å². The van der Waals surface area contributed by atoms with E-state index in [1.54, 1.807) is 24.3 Å². The Morgan fingerprint density at radius 2 is 1.89 bits per heavy atom. The van der Waals surface area contributed by atoms with E-state index < -0.39 is 35.1 Å². The van der Waals surface area contributed by atoms with Crippen molar-refractivity contribution in [2.24, 2.45) is 11.4 Å². The van der Waals surface area contributed by atoms with Gasteiger partial charge in [0.2, 0.25) is 0 Å². The van der Waals surface area contributed by atoms with Crippen LogP contribution in [0.2, 0.25) is 0 Å². The number of rotatable bonds is 4. The summed E-state index contributed by atoms with van der Waals surface area (Å²) in [6, 6.07) is 7.08. The van der Waals surface area contributed by atoms with Gasteiger partial charge in [-0.15, -0.1) is 5.10 Å². The number of aryl methyl sites for hydroxylation is 1. The highest BCUT2D eigenvalue weighted by molar-refractivity contribution is 7.62. The first-order valence-corrected chi connectivity index (χ1v) is 7.87. The maximum atomic E-state index is 11.9. The lowest BCUT2D eigenvalue weighted by molar-refractivity contribution is -0.0583. The summed E-state index contributed by atoms with van der Waals surface area (Å²) < 4.78 is 55.6. The number of nitrogens with zero attached hydrogens (tertiary/aromatic N) is 4. The number of hydrogen-bond acceptors (Lipinski definition) is 8. The van der Waals surface area contributed by atoms with Crippen molar-refractivity contribution in [3.8, 4) is 6.01 Å². The molecule has 0 bridgehead atoms. The van der Waals surface area contributed by atoms with Crippen LogP contribution in [0, 0.1) is 0 Å². The molecule has 14 heteroatoms. The van der Waals surface area contributed by atoms with Crippen molar-refractivity contribution in [3.63, 3.8) is 0 Å². The second kappa shape index (κ2) is 10.5. The van der Waals surface area contributed by atoms with E-state index in [1.807, 2.05) is 11.4 Å². The van der Waals surface area contributed by atoms with E-state index in [0.29, 0.717) is 5.56 Å². The maximum Gasteiger partial charge on any atom is 0.389 e. The van der Waals surface area contributed by atoms with E-state index in [-0.39, 0.29) is 5.97 Å². The summed E-state index contributed by atoms with van der Waals surface area (Å²) in [5.41, 5.74) is 0.588. The number of aromatic nitrogens is 3. The minimum Gasteiger partial charge on any atom is -0.465 e. The molecule has 1 heterocycles. The first kappa shape index (κ1) is 21.6. The fraction of sp³-hybridized carbons (Fsp3) is 0.231. The van der Waals surface area contributed by atoms with Gasteiger partial charge in [-0.05, 0) is 12.1 Å². The van der Waals surface area contributed by atoms with Crippen LogP contribution in [-0.2, 0) is 22.3 Å². The number of halogens is 2. The minimum atomic E-state index is -3.10. The molecule has 1 aromatic carbocycles. The van der Waals surface area contributed by atoms with Gasteiger partial charge in [-0.2, -0.15) is 22.2 Å². The molecule has 0 radical (unpaired) electrons. The number of methoxy groups -OCH3 is 1. The molecule has 0 unspecified atom stereocenters. The second-order valence-electron chi connectivity index (χ2n) is 4.32. The number of ether oxygens (including phenoxy) is 2. The number of anilines is 1. The Bertz CT molecular complexity index is 909. The molecule has 0 aliphatic heterocycles. The van der Waals surface area contributed by atoms with Crippen LogP contribution in [0.15, 0.2) is 34.7 Å². The van der Waals surface area contributed by atoms with Crippen LogP contribution in [0.5, 0.6) is 6.01 Å². The van der Waals surface area contributed by atoms with Crippen LogP contribution in [0.25, 0.3) is 0 Å². The lowest BCUT2D eigenvalue weighted by atomic mass is 10.2. The van der Waals surface area contributed by atoms with Gasteiger partial charge in [0.25, 0.3) is 5.95 Å². The highest BCUT2D eigenvalue weighted by Gasteiger charge is 2.14. The molecule has 146 valence electrons. The number of amides is 2. The predicted octanol–water partition coefficient (Wildman–Crippen LogP) is 1.48. The zero-order chi connectivity index (χ0) is 20.4. The molecule has 27 heavy (non-hydrogen) atoms. The molecule has 2 rings (SSSR count). The third-order valence-corrected chi connectivity index (χ3v) is 2.80. The lowest BCUT2D eigenvalue weighted by Gasteiger charge is -1.99. The molecule has 0 aliphatic rings. The first-order chi connectivity index (χ1) is 12.7. The van der Waals surface area contributed by atoms with Crippen molar-refractivity contribution in [2.75, 3.05) is 12.4 Å². The zero-order valence-corrected chi connectivity index (χ0v) is 14.7. The van der Waals surface area contributed by atoms with E-state index in [0.717, 1.165) is 4.68 Å². The molecule has 0 saturated heterocycles. The van der Waals surface area contributed by atoms with Crippen molar-refractivity contribution in [2.45, 2.75) is 6.61 Å². The summed E-state index contributed by atoms with van der Waals surface area (Å²) in [6.07, 6.45) is 0. The van der Waals surface area contributed by atoms with Gasteiger partial charge in [-0.25, -0.2) is 14.3 Å². The predicted molar refractivity (Wildman–Crippen MR) is 85.8 cm³/mol. The highest BCUT2D eigenvalue weighted by atomic mass is 32.2. The molecule has 0 fully saturated rings. The largest absolute Gasteiger partial charge is 0.465 e. The maximum absolute atomic E-state index is 11.9. The number of carbonyl (C=O) groups excluding carboxylic acids is 2. The highest BCUT2D eigenvalue weighted by Crippen LogP contribution is 2.12. The molecular weight excluding hydrogens is 392 g/mol. The summed E-state index contributed by atoms with van der Waals surface area (Å²) >= 11 is 0. The van der Waals surface area contributed by atoms with Crippen molar-refractivity contribution in [3.05, 3.63) is 35.9 Å². The van der Waals surface area contributed by atoms with Crippen molar-refractivity contribution in [1.29, 1.82) is 0 Å². The molecule has 0 spiro atoms. The standard InChI is InChI=1S/C8H8O2.C5H5F2N5O4S/c1-10-8(9)7-5-3-2-4-6-7;1-12-5(16-2(6)7)9-3(10-12)8-4(13)11-17(14)15/h2-6H,1H3;2H,1H3,(H,8,10,13). The molecule has 11 nitrogen and oxygen atoms in total. The van der Waals surface area contributed by atoms with E-state index in [9.17, 15) is 26.8 Å². The van der Waals surface area contributed by atoms with Gasteiger partial charge < -0.3 is 9.47 Å². The van der Waals surface area contributed by atoms with Crippen molar-refractivity contribution >= 4 is 28.4 Å². The van der Waals surface area contributed by atoms with Gasteiger partial charge >= 0.3 is 35.1 Å². The number of esters is 1. The Morgan fingerprint density at radius 3 is 2.41 bits per heavy atom. The monoisotopic (exact) mass is 405 g/mol. The summed E-state index contributed by atoms with van der Waals surface area (Å²) in [7, 11) is -0.318. The quantitative estimate of drug-likeness (QED) is 0.754. The van der Waals surface area contributed by atoms with E-state index in [1.165, 1.54) is 14.2 Å².